The molecule has 1 aromatic heterocycles. The number of nitrogens with one attached hydrogen (secondary N) is 1. The molecular weight excluding hydrogens is 364 g/mol. The highest BCUT2D eigenvalue weighted by Gasteiger charge is 2.30. The van der Waals surface area contributed by atoms with Crippen molar-refractivity contribution in [3.05, 3.63) is 65.0 Å². The van der Waals surface area contributed by atoms with Gasteiger partial charge in [-0.1, -0.05) is 6.08 Å². The molecule has 0 aliphatic heterocycles. The molecule has 0 saturated heterocycles. The predicted octanol–water partition coefficient (Wildman–Crippen LogP) is 3.91. The molecule has 0 radical (unpaired) electrons. The van der Waals surface area contributed by atoms with Crippen LogP contribution in [0.5, 0.6) is 0 Å². The Morgan fingerprint density at radius 2 is 2.07 bits per heavy atom. The Morgan fingerprint density at radius 1 is 1.37 bits per heavy atom. The van der Waals surface area contributed by atoms with Gasteiger partial charge in [0.25, 0.3) is 5.69 Å². The number of nitrogen functional groups attached to an aromatic ring is 1. The summed E-state index contributed by atoms with van der Waals surface area (Å²) in [5.41, 5.74) is 8.42. The van der Waals surface area contributed by atoms with Crippen molar-refractivity contribution < 1.29 is 9.48 Å². The van der Waals surface area contributed by atoms with Crippen molar-refractivity contribution in [2.45, 2.75) is 38.0 Å². The van der Waals surface area contributed by atoms with Gasteiger partial charge in [-0.05, 0) is 51.0 Å². The summed E-state index contributed by atoms with van der Waals surface area (Å²) in [6.07, 6.45) is 3.93. The number of nitrogens with zero attached hydrogens (tertiary/aromatic N) is 2. The number of non-ortho nitro benzene ring substituents is 1. The summed E-state index contributed by atoms with van der Waals surface area (Å²) >= 11 is -1.27. The van der Waals surface area contributed by atoms with Gasteiger partial charge < -0.3 is 10.3 Å². The SMILES string of the molecule is C=CC[C@@H](N[S+]([O-])C(C)(C)C)c1cc(-c2ccc([N+](=O)[O-])cc2N)ccn1. The molecule has 0 aliphatic rings. The largest absolute Gasteiger partial charge is 0.598 e. The molecule has 1 unspecified atom stereocenters. The lowest BCUT2D eigenvalue weighted by molar-refractivity contribution is -0.384. The fourth-order valence-corrected chi connectivity index (χ4v) is 3.26. The molecule has 1 aromatic carbocycles. The highest BCUT2D eigenvalue weighted by Crippen LogP contribution is 2.31. The molecule has 2 rings (SSSR count). The lowest BCUT2D eigenvalue weighted by atomic mass is 10.0. The van der Waals surface area contributed by atoms with Crippen LogP contribution in [0.15, 0.2) is 49.2 Å². The Morgan fingerprint density at radius 3 is 2.63 bits per heavy atom. The van der Waals surface area contributed by atoms with Gasteiger partial charge in [0, 0.05) is 40.9 Å². The predicted molar refractivity (Wildman–Crippen MR) is 109 cm³/mol. The second-order valence-electron chi connectivity index (χ2n) is 7.07. The lowest BCUT2D eigenvalue weighted by Gasteiger charge is -2.27. The number of rotatable bonds is 7. The monoisotopic (exact) mass is 388 g/mol. The smallest absolute Gasteiger partial charge is 0.271 e. The maximum Gasteiger partial charge on any atom is 0.271 e. The van der Waals surface area contributed by atoms with Crippen LogP contribution in [0.3, 0.4) is 0 Å². The summed E-state index contributed by atoms with van der Waals surface area (Å²) in [5, 5.41) is 10.9. The van der Waals surface area contributed by atoms with E-state index in [-0.39, 0.29) is 11.7 Å². The summed E-state index contributed by atoms with van der Waals surface area (Å²) in [5.74, 6) is 0. The zero-order valence-corrected chi connectivity index (χ0v) is 16.5. The minimum atomic E-state index is -1.27. The van der Waals surface area contributed by atoms with Gasteiger partial charge in [-0.25, -0.2) is 0 Å². The van der Waals surface area contributed by atoms with Crippen molar-refractivity contribution in [2.75, 3.05) is 5.73 Å². The number of aromatic nitrogens is 1. The van der Waals surface area contributed by atoms with Crippen molar-refractivity contribution >= 4 is 22.7 Å². The lowest BCUT2D eigenvalue weighted by Crippen LogP contribution is -2.41. The van der Waals surface area contributed by atoms with Gasteiger partial charge in [-0.3, -0.25) is 15.1 Å². The van der Waals surface area contributed by atoms with Crippen LogP contribution in [-0.2, 0) is 11.4 Å². The van der Waals surface area contributed by atoms with Gasteiger partial charge in [0.2, 0.25) is 0 Å². The number of hydrogen-bond donors (Lipinski definition) is 2. The first-order valence-electron chi connectivity index (χ1n) is 8.42. The minimum absolute atomic E-state index is 0.0581. The van der Waals surface area contributed by atoms with Crippen LogP contribution in [0, 0.1) is 10.1 Å². The van der Waals surface area contributed by atoms with Gasteiger partial charge in [-0.2, -0.15) is 0 Å². The van der Waals surface area contributed by atoms with Gasteiger partial charge in [-0.15, -0.1) is 11.3 Å². The Balaban J connectivity index is 2.37. The quantitative estimate of drug-likeness (QED) is 0.244. The van der Waals surface area contributed by atoms with Crippen LogP contribution in [-0.4, -0.2) is 19.2 Å². The van der Waals surface area contributed by atoms with Crippen LogP contribution in [0.2, 0.25) is 0 Å². The molecule has 0 amide bonds. The fraction of sp³-hybridized carbons (Fsp3) is 0.316. The van der Waals surface area contributed by atoms with Crippen molar-refractivity contribution in [2.24, 2.45) is 0 Å². The first kappa shape index (κ1) is 20.9. The van der Waals surface area contributed by atoms with E-state index in [0.29, 0.717) is 23.4 Å². The molecule has 0 fully saturated rings. The van der Waals surface area contributed by atoms with Crippen LogP contribution in [0.4, 0.5) is 11.4 Å². The summed E-state index contributed by atoms with van der Waals surface area (Å²) in [4.78, 5) is 14.8. The van der Waals surface area contributed by atoms with Gasteiger partial charge >= 0.3 is 0 Å². The molecule has 2 aromatic rings. The van der Waals surface area contributed by atoms with Crippen LogP contribution < -0.4 is 10.5 Å². The van der Waals surface area contributed by atoms with E-state index in [1.165, 1.54) is 12.1 Å². The second kappa shape index (κ2) is 8.51. The first-order valence-corrected chi connectivity index (χ1v) is 9.57. The summed E-state index contributed by atoms with van der Waals surface area (Å²) in [6.45, 7) is 9.44. The number of nitro groups is 1. The number of hydrogen-bond acceptors (Lipinski definition) is 6. The molecule has 7 nitrogen and oxygen atoms in total. The molecule has 8 heteroatoms. The molecule has 3 N–H and O–H groups in total. The normalized spacial score (nSPS) is 13.8. The average molecular weight is 388 g/mol. The third kappa shape index (κ3) is 5.29. The van der Waals surface area contributed by atoms with E-state index in [1.807, 2.05) is 26.8 Å². The number of benzene rings is 1. The Bertz CT molecular complexity index is 836. The minimum Gasteiger partial charge on any atom is -0.598 e. The summed E-state index contributed by atoms with van der Waals surface area (Å²) < 4.78 is 15.2. The number of nitrogens with two attached hydrogens (primary N) is 1. The van der Waals surface area contributed by atoms with Crippen LogP contribution >= 0.6 is 0 Å². The van der Waals surface area contributed by atoms with E-state index >= 15 is 0 Å². The highest BCUT2D eigenvalue weighted by atomic mass is 32.2. The Kier molecular flexibility index (Phi) is 6.59. The van der Waals surface area contributed by atoms with Gasteiger partial charge in [0.1, 0.15) is 4.75 Å². The van der Waals surface area contributed by atoms with E-state index in [0.717, 1.165) is 5.56 Å². The fourth-order valence-electron chi connectivity index (χ4n) is 2.43. The van der Waals surface area contributed by atoms with Crippen molar-refractivity contribution in [1.82, 2.24) is 9.71 Å². The van der Waals surface area contributed by atoms with Crippen LogP contribution in [0.1, 0.15) is 38.9 Å². The number of pyridine rings is 1. The Labute approximate surface area is 162 Å². The molecular formula is C19H24N4O3S. The van der Waals surface area contributed by atoms with E-state index in [4.69, 9.17) is 5.73 Å². The average Bonchev–Trinajstić information content (AvgIpc) is 2.60. The third-order valence-electron chi connectivity index (χ3n) is 3.90. The Hall–Kier alpha value is -2.42. The molecule has 0 spiro atoms. The highest BCUT2D eigenvalue weighted by molar-refractivity contribution is 7.90. The molecule has 27 heavy (non-hydrogen) atoms. The summed E-state index contributed by atoms with van der Waals surface area (Å²) in [6, 6.07) is 7.73. The van der Waals surface area contributed by atoms with Gasteiger partial charge in [0.05, 0.1) is 16.7 Å². The van der Waals surface area contributed by atoms with Crippen molar-refractivity contribution in [3.8, 4) is 11.1 Å². The first-order chi connectivity index (χ1) is 12.6. The number of anilines is 1. The maximum atomic E-state index is 12.5. The second-order valence-corrected chi connectivity index (χ2v) is 9.07. The topological polar surface area (TPSA) is 117 Å². The standard InChI is InChI=1S/C19H24N4O3S/c1-5-6-17(22-27(26)19(2,3)4)18-11-13(9-10-21-18)15-8-7-14(23(24)25)12-16(15)20/h5,7-12,17,22H,1,6,20H2,2-4H3/t17-,27?/m1/s1. The molecule has 0 aliphatic carbocycles. The molecule has 0 bridgehead atoms. The number of nitro benzene ring substituents is 1. The molecule has 1 heterocycles. The van der Waals surface area contributed by atoms with E-state index in [1.54, 1.807) is 24.4 Å². The van der Waals surface area contributed by atoms with Gasteiger partial charge in [0.15, 0.2) is 0 Å². The van der Waals surface area contributed by atoms with E-state index in [2.05, 4.69) is 16.3 Å². The zero-order valence-electron chi connectivity index (χ0n) is 15.6. The maximum absolute atomic E-state index is 12.5. The van der Waals surface area contributed by atoms with E-state index < -0.39 is 21.0 Å². The summed E-state index contributed by atoms with van der Waals surface area (Å²) in [7, 11) is 0. The molecule has 144 valence electrons. The molecule has 2 atom stereocenters. The zero-order chi connectivity index (χ0) is 20.2. The van der Waals surface area contributed by atoms with E-state index in [9.17, 15) is 14.7 Å². The molecule has 0 saturated carbocycles. The third-order valence-corrected chi connectivity index (χ3v) is 5.51. The van der Waals surface area contributed by atoms with Crippen LogP contribution in [0.25, 0.3) is 11.1 Å². The van der Waals surface area contributed by atoms with Crippen molar-refractivity contribution in [3.63, 3.8) is 0 Å². The van der Waals surface area contributed by atoms with Crippen molar-refractivity contribution in [1.29, 1.82) is 0 Å².